The van der Waals surface area contributed by atoms with Gasteiger partial charge in [0.2, 0.25) is 0 Å². The van der Waals surface area contributed by atoms with Gasteiger partial charge in [-0.3, -0.25) is 19.9 Å². The van der Waals surface area contributed by atoms with Crippen molar-refractivity contribution in [3.8, 4) is 0 Å². The lowest BCUT2D eigenvalue weighted by Gasteiger charge is -2.18. The number of anilines is 1. The molecular weight excluding hydrogens is 382 g/mol. The Kier molecular flexibility index (Phi) is 5.94. The average molecular weight is 406 g/mol. The number of amides is 1. The molecule has 1 amide bonds. The smallest absolute Gasteiger partial charge is 0.269 e. The van der Waals surface area contributed by atoms with Crippen molar-refractivity contribution in [2.75, 3.05) is 24.6 Å². The molecule has 0 saturated carbocycles. The number of aliphatic imine (C=N–C) groups is 1. The Bertz CT molecular complexity index is 966. The van der Waals surface area contributed by atoms with Crippen molar-refractivity contribution < 1.29 is 15.0 Å². The second kappa shape index (κ2) is 8.96. The van der Waals surface area contributed by atoms with Crippen molar-refractivity contribution in [3.63, 3.8) is 0 Å². The molecule has 154 valence electrons. The van der Waals surface area contributed by atoms with E-state index in [-0.39, 0.29) is 11.6 Å². The van der Waals surface area contributed by atoms with E-state index in [0.717, 1.165) is 38.0 Å². The van der Waals surface area contributed by atoms with E-state index >= 15 is 0 Å². The number of hydrogen-bond donors (Lipinski definition) is 1. The van der Waals surface area contributed by atoms with Crippen LogP contribution in [0.2, 0.25) is 0 Å². The Morgan fingerprint density at radius 1 is 1.13 bits per heavy atom. The van der Waals surface area contributed by atoms with Crippen LogP contribution in [0.1, 0.15) is 18.4 Å². The van der Waals surface area contributed by atoms with Gasteiger partial charge in [-0.25, -0.2) is 0 Å². The summed E-state index contributed by atoms with van der Waals surface area (Å²) < 4.78 is 0. The first-order chi connectivity index (χ1) is 14.6. The van der Waals surface area contributed by atoms with Crippen LogP contribution < -0.4 is 10.3 Å². The van der Waals surface area contributed by atoms with E-state index in [0.29, 0.717) is 17.3 Å². The molecule has 1 saturated heterocycles. The fraction of sp³-hybridized carbons (Fsp3) is 0.318. The van der Waals surface area contributed by atoms with Crippen molar-refractivity contribution in [1.82, 2.24) is 0 Å². The molecule has 2 aromatic rings. The Balaban J connectivity index is 1.59. The lowest BCUT2D eigenvalue weighted by atomic mass is 9.97. The van der Waals surface area contributed by atoms with Gasteiger partial charge >= 0.3 is 0 Å². The van der Waals surface area contributed by atoms with Crippen LogP contribution in [-0.2, 0) is 4.79 Å². The SMILES string of the molecule is O=C1[C@H](C=NCC2CC[NH2+]CC2)C(c2ccccc2)=NN1c1ccc([N+](=O)[O-])cc1. The predicted octanol–water partition coefficient (Wildman–Crippen LogP) is 2.01. The molecule has 0 aromatic heterocycles. The van der Waals surface area contributed by atoms with Crippen LogP contribution in [0.4, 0.5) is 11.4 Å². The molecule has 1 fully saturated rings. The molecule has 2 aliphatic heterocycles. The Morgan fingerprint density at radius 2 is 1.83 bits per heavy atom. The normalized spacial score (nSPS) is 20.0. The van der Waals surface area contributed by atoms with E-state index < -0.39 is 10.8 Å². The van der Waals surface area contributed by atoms with Crippen LogP contribution in [0, 0.1) is 22.0 Å². The van der Waals surface area contributed by atoms with Crippen molar-refractivity contribution in [1.29, 1.82) is 0 Å². The molecule has 30 heavy (non-hydrogen) atoms. The molecular formula is C22H24N5O3+. The number of nitro groups is 1. The topological polar surface area (TPSA) is 105 Å². The molecule has 0 aliphatic carbocycles. The minimum atomic E-state index is -0.572. The van der Waals surface area contributed by atoms with Crippen LogP contribution in [0.3, 0.4) is 0 Å². The number of carbonyl (C=O) groups excluding carboxylic acids is 1. The molecule has 0 spiro atoms. The number of benzene rings is 2. The summed E-state index contributed by atoms with van der Waals surface area (Å²) in [4.78, 5) is 28.2. The molecule has 2 N–H and O–H groups in total. The zero-order chi connectivity index (χ0) is 20.9. The zero-order valence-corrected chi connectivity index (χ0v) is 16.6. The standard InChI is InChI=1S/C22H23N5O3/c28-22-20(15-24-14-16-10-12-23-13-11-16)21(17-4-2-1-3-5-17)25-26(22)18-6-8-19(9-7-18)27(29)30/h1-9,15-16,20,23H,10-14H2/p+1/t20-/m1/s1. The summed E-state index contributed by atoms with van der Waals surface area (Å²) in [6.07, 6.45) is 4.01. The van der Waals surface area contributed by atoms with Gasteiger partial charge in [0.1, 0.15) is 5.92 Å². The Labute approximate surface area is 174 Å². The van der Waals surface area contributed by atoms with Gasteiger partial charge in [-0.1, -0.05) is 30.3 Å². The first-order valence-corrected chi connectivity index (χ1v) is 10.2. The largest absolute Gasteiger partial charge is 0.346 e. The molecule has 0 bridgehead atoms. The fourth-order valence-corrected chi connectivity index (χ4v) is 3.84. The third kappa shape index (κ3) is 4.28. The van der Waals surface area contributed by atoms with E-state index in [4.69, 9.17) is 0 Å². The number of nitro benzene ring substituents is 1. The highest BCUT2D eigenvalue weighted by Crippen LogP contribution is 2.27. The number of rotatable bonds is 6. The summed E-state index contributed by atoms with van der Waals surface area (Å²) in [7, 11) is 0. The Morgan fingerprint density at radius 3 is 2.50 bits per heavy atom. The Hall–Kier alpha value is -3.39. The molecule has 0 radical (unpaired) electrons. The third-order valence-electron chi connectivity index (χ3n) is 5.53. The molecule has 8 heteroatoms. The molecule has 2 aromatic carbocycles. The maximum absolute atomic E-state index is 13.2. The lowest BCUT2D eigenvalue weighted by molar-refractivity contribution is -0.664. The highest BCUT2D eigenvalue weighted by molar-refractivity contribution is 6.29. The van der Waals surface area contributed by atoms with Crippen LogP contribution in [0.15, 0.2) is 64.7 Å². The summed E-state index contributed by atoms with van der Waals surface area (Å²) in [6, 6.07) is 15.4. The number of carbonyl (C=O) groups is 1. The van der Waals surface area contributed by atoms with Crippen LogP contribution in [0.5, 0.6) is 0 Å². The highest BCUT2D eigenvalue weighted by Gasteiger charge is 2.36. The minimum Gasteiger partial charge on any atom is -0.346 e. The summed E-state index contributed by atoms with van der Waals surface area (Å²) >= 11 is 0. The maximum Gasteiger partial charge on any atom is 0.269 e. The number of hydrogen-bond acceptors (Lipinski definition) is 5. The lowest BCUT2D eigenvalue weighted by Crippen LogP contribution is -2.86. The summed E-state index contributed by atoms with van der Waals surface area (Å²) in [5.74, 6) is -0.216. The van der Waals surface area contributed by atoms with Crippen molar-refractivity contribution in [3.05, 3.63) is 70.3 Å². The van der Waals surface area contributed by atoms with E-state index in [1.54, 1.807) is 18.3 Å². The van der Waals surface area contributed by atoms with Crippen molar-refractivity contribution >= 4 is 29.2 Å². The minimum absolute atomic E-state index is 0.0273. The molecule has 8 nitrogen and oxygen atoms in total. The summed E-state index contributed by atoms with van der Waals surface area (Å²) in [5.41, 5.74) is 1.97. The van der Waals surface area contributed by atoms with Crippen LogP contribution in [0.25, 0.3) is 0 Å². The summed E-state index contributed by atoms with van der Waals surface area (Å²) in [6.45, 7) is 2.98. The molecule has 2 aliphatic rings. The van der Waals surface area contributed by atoms with Gasteiger partial charge in [-0.2, -0.15) is 10.1 Å². The number of piperidine rings is 1. The van der Waals surface area contributed by atoms with E-state index in [1.165, 1.54) is 17.1 Å². The van der Waals surface area contributed by atoms with E-state index in [2.05, 4.69) is 15.4 Å². The van der Waals surface area contributed by atoms with Gasteiger partial charge in [0, 0.05) is 37.7 Å². The fourth-order valence-electron chi connectivity index (χ4n) is 3.84. The number of non-ortho nitro benzene ring substituents is 1. The number of hydrazone groups is 1. The van der Waals surface area contributed by atoms with Crippen molar-refractivity contribution in [2.24, 2.45) is 21.9 Å². The van der Waals surface area contributed by atoms with Gasteiger partial charge in [0.25, 0.3) is 11.6 Å². The van der Waals surface area contributed by atoms with Crippen LogP contribution in [-0.4, -0.2) is 42.4 Å². The quantitative estimate of drug-likeness (QED) is 0.451. The van der Waals surface area contributed by atoms with Crippen molar-refractivity contribution in [2.45, 2.75) is 12.8 Å². The van der Waals surface area contributed by atoms with Crippen LogP contribution >= 0.6 is 0 Å². The second-order valence-electron chi connectivity index (χ2n) is 7.58. The maximum atomic E-state index is 13.2. The first kappa shape index (κ1) is 19.9. The zero-order valence-electron chi connectivity index (χ0n) is 16.6. The van der Waals surface area contributed by atoms with Gasteiger partial charge in [-0.05, 0) is 23.6 Å². The third-order valence-corrected chi connectivity index (χ3v) is 5.53. The summed E-state index contributed by atoms with van der Waals surface area (Å²) in [5, 5.41) is 19.1. The predicted molar refractivity (Wildman–Crippen MR) is 115 cm³/mol. The monoisotopic (exact) mass is 406 g/mol. The highest BCUT2D eigenvalue weighted by atomic mass is 16.6. The molecule has 0 unspecified atom stereocenters. The van der Waals surface area contributed by atoms with Gasteiger partial charge in [-0.15, -0.1) is 0 Å². The average Bonchev–Trinajstić information content (AvgIpc) is 3.11. The second-order valence-corrected chi connectivity index (χ2v) is 7.58. The van der Waals surface area contributed by atoms with Gasteiger partial charge in [0.05, 0.1) is 29.4 Å². The van der Waals surface area contributed by atoms with E-state index in [1.807, 2.05) is 30.3 Å². The number of nitrogens with zero attached hydrogens (tertiary/aromatic N) is 4. The number of quaternary nitrogens is 1. The molecule has 4 rings (SSSR count). The number of nitrogens with two attached hydrogens (primary N) is 1. The van der Waals surface area contributed by atoms with Gasteiger partial charge < -0.3 is 5.32 Å². The molecule has 2 heterocycles. The molecule has 1 atom stereocenters. The first-order valence-electron chi connectivity index (χ1n) is 10.2. The van der Waals surface area contributed by atoms with E-state index in [9.17, 15) is 14.9 Å². The van der Waals surface area contributed by atoms with Gasteiger partial charge in [0.15, 0.2) is 0 Å².